The Labute approximate surface area is 159 Å². The van der Waals surface area contributed by atoms with E-state index in [1.54, 1.807) is 47.4 Å². The van der Waals surface area contributed by atoms with Gasteiger partial charge in [-0.15, -0.1) is 0 Å². The summed E-state index contributed by atoms with van der Waals surface area (Å²) in [6.45, 7) is 4.28. The predicted molar refractivity (Wildman–Crippen MR) is 103 cm³/mol. The summed E-state index contributed by atoms with van der Waals surface area (Å²) in [5, 5.41) is 0.403. The highest BCUT2D eigenvalue weighted by molar-refractivity contribution is 7.86. The van der Waals surface area contributed by atoms with Crippen LogP contribution in [0.2, 0.25) is 5.02 Å². The highest BCUT2D eigenvalue weighted by atomic mass is 35.5. The smallest absolute Gasteiger partial charge is 0.306 e. The maximum Gasteiger partial charge on any atom is 0.306 e. The predicted octanol–water partition coefficient (Wildman–Crippen LogP) is 4.12. The molecule has 7 heteroatoms. The second-order valence-corrected chi connectivity index (χ2v) is 8.09. The van der Waals surface area contributed by atoms with E-state index < -0.39 is 10.1 Å². The van der Waals surface area contributed by atoms with Crippen LogP contribution in [0.1, 0.15) is 36.2 Å². The number of benzene rings is 2. The second-order valence-electron chi connectivity index (χ2n) is 6.11. The van der Waals surface area contributed by atoms with Crippen molar-refractivity contribution in [3.63, 3.8) is 0 Å². The van der Waals surface area contributed by atoms with Crippen LogP contribution in [0, 0.1) is 0 Å². The zero-order valence-electron chi connectivity index (χ0n) is 15.0. The van der Waals surface area contributed by atoms with Gasteiger partial charge in [0.25, 0.3) is 5.91 Å². The van der Waals surface area contributed by atoms with E-state index in [1.807, 2.05) is 19.9 Å². The minimum atomic E-state index is -3.61. The molecule has 0 aliphatic heterocycles. The number of amides is 1. The van der Waals surface area contributed by atoms with Gasteiger partial charge in [-0.1, -0.05) is 42.8 Å². The van der Waals surface area contributed by atoms with Gasteiger partial charge in [-0.05, 0) is 43.2 Å². The third kappa shape index (κ3) is 5.47. The van der Waals surface area contributed by atoms with Crippen molar-refractivity contribution in [1.82, 2.24) is 4.90 Å². The Morgan fingerprint density at radius 2 is 1.88 bits per heavy atom. The van der Waals surface area contributed by atoms with Gasteiger partial charge in [0.2, 0.25) is 0 Å². The van der Waals surface area contributed by atoms with Crippen molar-refractivity contribution in [3.05, 3.63) is 64.7 Å². The third-order valence-electron chi connectivity index (χ3n) is 3.99. The molecule has 0 fully saturated rings. The fraction of sp³-hybridized carbons (Fsp3) is 0.316. The van der Waals surface area contributed by atoms with Gasteiger partial charge < -0.3 is 9.08 Å². The molecule has 0 bridgehead atoms. The number of hydrogen-bond donors (Lipinski definition) is 0. The molecule has 1 amide bonds. The molecule has 5 nitrogen and oxygen atoms in total. The second kappa shape index (κ2) is 8.56. The lowest BCUT2D eigenvalue weighted by molar-refractivity contribution is 0.0671. The summed E-state index contributed by atoms with van der Waals surface area (Å²) in [6, 6.07) is 13.6. The normalized spacial score (nSPS) is 12.5. The van der Waals surface area contributed by atoms with Gasteiger partial charge in [0.15, 0.2) is 0 Å². The topological polar surface area (TPSA) is 63.7 Å². The minimum absolute atomic E-state index is 0.0155. The van der Waals surface area contributed by atoms with Crippen molar-refractivity contribution in [2.24, 2.45) is 0 Å². The van der Waals surface area contributed by atoms with Crippen LogP contribution in [0.3, 0.4) is 0 Å². The van der Waals surface area contributed by atoms with Crippen molar-refractivity contribution in [2.75, 3.05) is 6.26 Å². The van der Waals surface area contributed by atoms with E-state index in [9.17, 15) is 13.2 Å². The van der Waals surface area contributed by atoms with Crippen LogP contribution >= 0.6 is 11.6 Å². The minimum Gasteiger partial charge on any atom is -0.383 e. The molecule has 0 saturated carbocycles. The summed E-state index contributed by atoms with van der Waals surface area (Å²) in [4.78, 5) is 14.7. The summed E-state index contributed by atoms with van der Waals surface area (Å²) in [6.07, 6.45) is 1.77. The monoisotopic (exact) mass is 395 g/mol. The van der Waals surface area contributed by atoms with Crippen molar-refractivity contribution in [3.8, 4) is 5.75 Å². The molecule has 0 radical (unpaired) electrons. The number of halogens is 1. The molecule has 0 saturated heterocycles. The molecule has 2 rings (SSSR count). The number of carbonyl (C=O) groups excluding carboxylic acids is 1. The maximum atomic E-state index is 13.0. The van der Waals surface area contributed by atoms with E-state index >= 15 is 0 Å². The Kier molecular flexibility index (Phi) is 6.67. The van der Waals surface area contributed by atoms with Crippen LogP contribution in [0.5, 0.6) is 5.75 Å². The quantitative estimate of drug-likeness (QED) is 0.661. The lowest BCUT2D eigenvalue weighted by Crippen LogP contribution is -2.38. The van der Waals surface area contributed by atoms with Crippen LogP contribution in [0.4, 0.5) is 0 Å². The molecule has 2 aromatic carbocycles. The average molecular weight is 396 g/mol. The first-order chi connectivity index (χ1) is 12.2. The molecule has 1 atom stereocenters. The van der Waals surface area contributed by atoms with Crippen LogP contribution in [0.15, 0.2) is 48.5 Å². The van der Waals surface area contributed by atoms with Crippen LogP contribution in [0.25, 0.3) is 0 Å². The molecule has 2 aromatic rings. The van der Waals surface area contributed by atoms with E-state index in [2.05, 4.69) is 0 Å². The Morgan fingerprint density at radius 3 is 2.50 bits per heavy atom. The lowest BCUT2D eigenvalue weighted by Gasteiger charge is -2.29. The molecule has 140 valence electrons. The summed E-state index contributed by atoms with van der Waals surface area (Å²) >= 11 is 6.18. The van der Waals surface area contributed by atoms with E-state index in [0.717, 1.165) is 18.2 Å². The molecule has 0 aromatic heterocycles. The SMILES string of the molecule is CC[C@H](C)N(Cc1cccc(OS(C)(=O)=O)c1)C(=O)c1ccccc1Cl. The van der Waals surface area contributed by atoms with Crippen molar-refractivity contribution >= 4 is 27.6 Å². The maximum absolute atomic E-state index is 13.0. The van der Waals surface area contributed by atoms with E-state index in [1.165, 1.54) is 0 Å². The number of carbonyl (C=O) groups is 1. The molecule has 0 spiro atoms. The van der Waals surface area contributed by atoms with Gasteiger partial charge in [-0.25, -0.2) is 0 Å². The number of rotatable bonds is 7. The largest absolute Gasteiger partial charge is 0.383 e. The molecular formula is C19H22ClNO4S. The Morgan fingerprint density at radius 1 is 1.19 bits per heavy atom. The fourth-order valence-electron chi connectivity index (χ4n) is 2.50. The Hall–Kier alpha value is -2.05. The van der Waals surface area contributed by atoms with Gasteiger partial charge in [-0.3, -0.25) is 4.79 Å². The van der Waals surface area contributed by atoms with E-state index in [0.29, 0.717) is 17.1 Å². The highest BCUT2D eigenvalue weighted by Gasteiger charge is 2.22. The Balaban J connectivity index is 2.30. The first kappa shape index (κ1) is 20.3. The standard InChI is InChI=1S/C19H22ClNO4S/c1-4-14(2)21(19(22)17-10-5-6-11-18(17)20)13-15-8-7-9-16(12-15)25-26(3,23)24/h5-12,14H,4,13H2,1-3H3/t14-/m0/s1. The van der Waals surface area contributed by atoms with Gasteiger partial charge in [0.05, 0.1) is 16.8 Å². The molecule has 0 aliphatic rings. The zero-order chi connectivity index (χ0) is 19.3. The molecule has 0 N–H and O–H groups in total. The fourth-order valence-corrected chi connectivity index (χ4v) is 3.17. The van der Waals surface area contributed by atoms with Crippen molar-refractivity contribution in [2.45, 2.75) is 32.9 Å². The van der Waals surface area contributed by atoms with Crippen LogP contribution < -0.4 is 4.18 Å². The van der Waals surface area contributed by atoms with Gasteiger partial charge in [-0.2, -0.15) is 8.42 Å². The summed E-state index contributed by atoms with van der Waals surface area (Å²) in [5.41, 5.74) is 1.21. The van der Waals surface area contributed by atoms with Crippen LogP contribution in [-0.2, 0) is 16.7 Å². The lowest BCUT2D eigenvalue weighted by atomic mass is 10.1. The molecule has 0 heterocycles. The van der Waals surface area contributed by atoms with Crippen LogP contribution in [-0.4, -0.2) is 31.5 Å². The third-order valence-corrected chi connectivity index (χ3v) is 4.81. The van der Waals surface area contributed by atoms with Gasteiger partial charge >= 0.3 is 10.1 Å². The van der Waals surface area contributed by atoms with E-state index in [4.69, 9.17) is 15.8 Å². The molecule has 0 unspecified atom stereocenters. The number of nitrogens with zero attached hydrogens (tertiary/aromatic N) is 1. The van der Waals surface area contributed by atoms with E-state index in [-0.39, 0.29) is 17.7 Å². The zero-order valence-corrected chi connectivity index (χ0v) is 16.5. The van der Waals surface area contributed by atoms with Crippen molar-refractivity contribution in [1.29, 1.82) is 0 Å². The number of hydrogen-bond acceptors (Lipinski definition) is 4. The first-order valence-corrected chi connectivity index (χ1v) is 10.4. The highest BCUT2D eigenvalue weighted by Crippen LogP contribution is 2.22. The van der Waals surface area contributed by atoms with Gasteiger partial charge in [0.1, 0.15) is 5.75 Å². The summed E-state index contributed by atoms with van der Waals surface area (Å²) in [5.74, 6) is 0.0543. The summed E-state index contributed by atoms with van der Waals surface area (Å²) < 4.78 is 27.6. The Bertz CT molecular complexity index is 883. The molecule has 0 aliphatic carbocycles. The van der Waals surface area contributed by atoms with Crippen molar-refractivity contribution < 1.29 is 17.4 Å². The average Bonchev–Trinajstić information content (AvgIpc) is 2.58. The molecule has 26 heavy (non-hydrogen) atoms. The summed E-state index contributed by atoms with van der Waals surface area (Å²) in [7, 11) is -3.61. The van der Waals surface area contributed by atoms with Gasteiger partial charge in [0, 0.05) is 12.6 Å². The molecular weight excluding hydrogens is 374 g/mol. The first-order valence-electron chi connectivity index (χ1n) is 8.25.